The van der Waals surface area contributed by atoms with E-state index >= 15 is 0 Å². The number of hydrogen-bond acceptors (Lipinski definition) is 4. The lowest BCUT2D eigenvalue weighted by molar-refractivity contribution is -0.115. The molecular weight excluding hydrogens is 479 g/mol. The van der Waals surface area contributed by atoms with E-state index in [2.05, 4.69) is 10.6 Å². The van der Waals surface area contributed by atoms with Crippen LogP contribution in [0.25, 0.3) is 0 Å². The quantitative estimate of drug-likeness (QED) is 0.304. The minimum absolute atomic E-state index is 0.114. The topological polar surface area (TPSA) is 67.4 Å². The fourth-order valence-corrected chi connectivity index (χ4v) is 4.58. The monoisotopic (exact) mass is 502 g/mol. The van der Waals surface area contributed by atoms with E-state index in [0.29, 0.717) is 40.7 Å². The van der Waals surface area contributed by atoms with E-state index in [-0.39, 0.29) is 22.1 Å². The highest BCUT2D eigenvalue weighted by Crippen LogP contribution is 2.31. The van der Waals surface area contributed by atoms with Crippen molar-refractivity contribution in [1.82, 2.24) is 0 Å². The van der Waals surface area contributed by atoms with E-state index in [9.17, 15) is 9.59 Å². The molecule has 0 aromatic heterocycles. The van der Waals surface area contributed by atoms with Crippen molar-refractivity contribution < 1.29 is 14.3 Å². The molecule has 0 saturated carbocycles. The number of nitrogens with one attached hydrogen (secondary N) is 2. The molecule has 0 aliphatic carbocycles. The predicted molar refractivity (Wildman–Crippen MR) is 137 cm³/mol. The van der Waals surface area contributed by atoms with Gasteiger partial charge in [-0.25, -0.2) is 0 Å². The summed E-state index contributed by atoms with van der Waals surface area (Å²) in [6.45, 7) is 4.37. The third-order valence-corrected chi connectivity index (χ3v) is 6.56. The molecule has 0 aliphatic rings. The van der Waals surface area contributed by atoms with Gasteiger partial charge in [-0.05, 0) is 61.9 Å². The Morgan fingerprint density at radius 2 is 1.76 bits per heavy atom. The van der Waals surface area contributed by atoms with Crippen molar-refractivity contribution in [1.29, 1.82) is 0 Å². The number of carbonyl (C=O) groups excluding carboxylic acids is 2. The second kappa shape index (κ2) is 12.0. The normalized spacial score (nSPS) is 11.5. The molecule has 1 atom stereocenters. The molecule has 3 aromatic carbocycles. The highest BCUT2D eigenvalue weighted by Gasteiger charge is 2.20. The van der Waals surface area contributed by atoms with Gasteiger partial charge in [0.1, 0.15) is 5.75 Å². The Kier molecular flexibility index (Phi) is 9.06. The summed E-state index contributed by atoms with van der Waals surface area (Å²) in [6.07, 6.45) is 0.629. The van der Waals surface area contributed by atoms with Crippen molar-refractivity contribution in [2.75, 3.05) is 17.2 Å². The summed E-state index contributed by atoms with van der Waals surface area (Å²) in [5, 5.41) is 6.23. The number of halogens is 2. The molecular formula is C25H24Cl2N2O3S. The third kappa shape index (κ3) is 6.90. The third-order valence-electron chi connectivity index (χ3n) is 4.65. The first kappa shape index (κ1) is 25.0. The van der Waals surface area contributed by atoms with Crippen LogP contribution in [0.15, 0.2) is 71.6 Å². The highest BCUT2D eigenvalue weighted by molar-refractivity contribution is 8.00. The van der Waals surface area contributed by atoms with Gasteiger partial charge in [0.15, 0.2) is 0 Å². The molecule has 0 radical (unpaired) electrons. The molecule has 2 amide bonds. The van der Waals surface area contributed by atoms with E-state index < -0.39 is 0 Å². The molecule has 0 bridgehead atoms. The summed E-state index contributed by atoms with van der Waals surface area (Å²) in [7, 11) is 0. The molecule has 0 saturated heterocycles. The number of carbonyl (C=O) groups is 2. The van der Waals surface area contributed by atoms with E-state index in [1.165, 1.54) is 17.8 Å². The summed E-state index contributed by atoms with van der Waals surface area (Å²) in [6, 6.07) is 19.4. The van der Waals surface area contributed by atoms with Gasteiger partial charge in [-0.15, -0.1) is 11.8 Å². The van der Waals surface area contributed by atoms with Crippen LogP contribution in [0.5, 0.6) is 5.75 Å². The van der Waals surface area contributed by atoms with Gasteiger partial charge in [-0.1, -0.05) is 48.3 Å². The number of para-hydroxylation sites is 2. The van der Waals surface area contributed by atoms with Crippen LogP contribution in [0.4, 0.5) is 11.4 Å². The maximum Gasteiger partial charge on any atom is 0.257 e. The van der Waals surface area contributed by atoms with Gasteiger partial charge in [-0.3, -0.25) is 9.59 Å². The zero-order chi connectivity index (χ0) is 23.8. The number of anilines is 2. The number of amides is 2. The first-order valence-corrected chi connectivity index (χ1v) is 12.1. The minimum atomic E-state index is -0.337. The molecule has 0 fully saturated rings. The maximum absolute atomic E-state index is 12.9. The van der Waals surface area contributed by atoms with E-state index in [1.807, 2.05) is 56.3 Å². The van der Waals surface area contributed by atoms with Crippen LogP contribution in [0.3, 0.4) is 0 Å². The Morgan fingerprint density at radius 3 is 2.48 bits per heavy atom. The molecule has 3 aromatic rings. The first-order valence-electron chi connectivity index (χ1n) is 10.5. The summed E-state index contributed by atoms with van der Waals surface area (Å²) < 4.78 is 5.60. The summed E-state index contributed by atoms with van der Waals surface area (Å²) in [5.41, 5.74) is 1.58. The van der Waals surface area contributed by atoms with Crippen LogP contribution in [0, 0.1) is 0 Å². The SMILES string of the molecule is CCOc1ccccc1NC(=O)C(CC)Sc1cccc(NC(=O)c2ccc(Cl)cc2Cl)c1. The zero-order valence-electron chi connectivity index (χ0n) is 18.2. The van der Waals surface area contributed by atoms with Crippen molar-refractivity contribution in [3.63, 3.8) is 0 Å². The molecule has 172 valence electrons. The number of ether oxygens (including phenoxy) is 1. The molecule has 2 N–H and O–H groups in total. The Balaban J connectivity index is 1.69. The summed E-state index contributed by atoms with van der Waals surface area (Å²) >= 11 is 13.5. The Hall–Kier alpha value is -2.67. The first-order chi connectivity index (χ1) is 15.9. The van der Waals surface area contributed by atoms with Gasteiger partial charge in [-0.2, -0.15) is 0 Å². The van der Waals surface area contributed by atoms with Crippen LogP contribution in [0.2, 0.25) is 10.0 Å². The van der Waals surface area contributed by atoms with Crippen LogP contribution >= 0.6 is 35.0 Å². The van der Waals surface area contributed by atoms with Crippen LogP contribution in [0.1, 0.15) is 30.6 Å². The number of rotatable bonds is 9. The highest BCUT2D eigenvalue weighted by atomic mass is 35.5. The molecule has 3 rings (SSSR count). The van der Waals surface area contributed by atoms with Gasteiger partial charge in [0.25, 0.3) is 5.91 Å². The summed E-state index contributed by atoms with van der Waals surface area (Å²) in [4.78, 5) is 26.4. The fourth-order valence-electron chi connectivity index (χ4n) is 3.07. The van der Waals surface area contributed by atoms with Crippen LogP contribution in [-0.2, 0) is 4.79 Å². The number of thioether (sulfide) groups is 1. The lowest BCUT2D eigenvalue weighted by Crippen LogP contribution is -2.24. The minimum Gasteiger partial charge on any atom is -0.492 e. The van der Waals surface area contributed by atoms with Gasteiger partial charge < -0.3 is 15.4 Å². The second-order valence-corrected chi connectivity index (χ2v) is 9.16. The lowest BCUT2D eigenvalue weighted by atomic mass is 10.2. The molecule has 1 unspecified atom stereocenters. The van der Waals surface area contributed by atoms with Crippen molar-refractivity contribution in [2.45, 2.75) is 30.4 Å². The lowest BCUT2D eigenvalue weighted by Gasteiger charge is -2.17. The largest absolute Gasteiger partial charge is 0.492 e. The molecule has 0 aliphatic heterocycles. The Bertz CT molecular complexity index is 1140. The average molecular weight is 503 g/mol. The number of benzene rings is 3. The van der Waals surface area contributed by atoms with Crippen molar-refractivity contribution in [3.8, 4) is 5.75 Å². The molecule has 33 heavy (non-hydrogen) atoms. The molecule has 0 spiro atoms. The molecule has 0 heterocycles. The number of hydrogen-bond donors (Lipinski definition) is 2. The van der Waals surface area contributed by atoms with Gasteiger partial charge in [0.05, 0.1) is 28.1 Å². The van der Waals surface area contributed by atoms with Crippen molar-refractivity contribution in [2.24, 2.45) is 0 Å². The van der Waals surface area contributed by atoms with Gasteiger partial charge >= 0.3 is 0 Å². The van der Waals surface area contributed by atoms with E-state index in [0.717, 1.165) is 4.90 Å². The van der Waals surface area contributed by atoms with Crippen LogP contribution < -0.4 is 15.4 Å². The van der Waals surface area contributed by atoms with E-state index in [4.69, 9.17) is 27.9 Å². The second-order valence-electron chi connectivity index (χ2n) is 7.04. The van der Waals surface area contributed by atoms with Gasteiger partial charge in [0, 0.05) is 15.6 Å². The standard InChI is InChI=1S/C25H24Cl2N2O3S/c1-3-23(25(31)29-21-10-5-6-11-22(21)32-4-2)33-18-9-7-8-17(15-18)28-24(30)19-13-12-16(26)14-20(19)27/h5-15,23H,3-4H2,1-2H3,(H,28,30)(H,29,31). The van der Waals surface area contributed by atoms with E-state index in [1.54, 1.807) is 18.2 Å². The van der Waals surface area contributed by atoms with Crippen molar-refractivity contribution >= 4 is 58.2 Å². The Labute approximate surface area is 207 Å². The zero-order valence-corrected chi connectivity index (χ0v) is 20.6. The van der Waals surface area contributed by atoms with Gasteiger partial charge in [0.2, 0.25) is 5.91 Å². The Morgan fingerprint density at radius 1 is 0.970 bits per heavy atom. The predicted octanol–water partition coefficient (Wildman–Crippen LogP) is 7.15. The van der Waals surface area contributed by atoms with Crippen LogP contribution in [-0.4, -0.2) is 23.7 Å². The maximum atomic E-state index is 12.9. The molecule has 5 nitrogen and oxygen atoms in total. The average Bonchev–Trinajstić information content (AvgIpc) is 2.79. The van der Waals surface area contributed by atoms with Crippen molar-refractivity contribution in [3.05, 3.63) is 82.3 Å². The summed E-state index contributed by atoms with van der Waals surface area (Å²) in [5.74, 6) is 0.187. The smallest absolute Gasteiger partial charge is 0.257 e. The fraction of sp³-hybridized carbons (Fsp3) is 0.200. The molecule has 8 heteroatoms.